The van der Waals surface area contributed by atoms with E-state index < -0.39 is 18.3 Å². The van der Waals surface area contributed by atoms with Gasteiger partial charge in [0.1, 0.15) is 11.2 Å². The summed E-state index contributed by atoms with van der Waals surface area (Å²) in [6, 6.07) is 41.1. The standard InChI is InChI=1S/C38H31BO3/c1-37(2)38(3,4)42-39(41-37)33-14-9-15-35-36(33)32-22-26(20-21-34(32)40-35)24-16-18-25(19-17-24)31-23-27-10-5-6-11-28(27)29-12-7-8-13-30(29)31/h5-23H,1-4H3. The predicted octanol–water partition coefficient (Wildman–Crippen LogP) is 9.53. The van der Waals surface area contributed by atoms with Crippen molar-refractivity contribution in [1.82, 2.24) is 0 Å². The zero-order chi connectivity index (χ0) is 28.6. The smallest absolute Gasteiger partial charge is 0.456 e. The van der Waals surface area contributed by atoms with Gasteiger partial charge in [0.15, 0.2) is 0 Å². The Morgan fingerprint density at radius 1 is 0.500 bits per heavy atom. The van der Waals surface area contributed by atoms with Crippen molar-refractivity contribution in [3.8, 4) is 22.3 Å². The van der Waals surface area contributed by atoms with Crippen molar-refractivity contribution in [2.24, 2.45) is 0 Å². The molecule has 0 bridgehead atoms. The minimum Gasteiger partial charge on any atom is -0.456 e. The van der Waals surface area contributed by atoms with E-state index in [9.17, 15) is 0 Å². The third kappa shape index (κ3) is 3.83. The SMILES string of the molecule is CC1(C)OB(c2cccc3oc4ccc(-c5ccc(-c6cc7ccccc7c7ccccc67)cc5)cc4c23)OC1(C)C. The van der Waals surface area contributed by atoms with Crippen LogP contribution in [0.1, 0.15) is 27.7 Å². The minimum atomic E-state index is -0.459. The average molecular weight is 546 g/mol. The van der Waals surface area contributed by atoms with Crippen LogP contribution in [0.4, 0.5) is 0 Å². The number of hydrogen-bond acceptors (Lipinski definition) is 3. The van der Waals surface area contributed by atoms with E-state index in [-0.39, 0.29) is 0 Å². The normalized spacial score (nSPS) is 16.2. The zero-order valence-electron chi connectivity index (χ0n) is 24.3. The van der Waals surface area contributed by atoms with E-state index in [4.69, 9.17) is 13.7 Å². The number of furan rings is 1. The first-order valence-electron chi connectivity index (χ1n) is 14.6. The second-order valence-corrected chi connectivity index (χ2v) is 12.4. The van der Waals surface area contributed by atoms with Gasteiger partial charge in [-0.2, -0.15) is 0 Å². The third-order valence-electron chi connectivity index (χ3n) is 9.33. The summed E-state index contributed by atoms with van der Waals surface area (Å²) >= 11 is 0. The molecule has 4 heteroatoms. The third-order valence-corrected chi connectivity index (χ3v) is 9.33. The van der Waals surface area contributed by atoms with E-state index in [0.717, 1.165) is 38.5 Å². The van der Waals surface area contributed by atoms with Gasteiger partial charge in [-0.1, -0.05) is 91.0 Å². The predicted molar refractivity (Wildman–Crippen MR) is 175 cm³/mol. The van der Waals surface area contributed by atoms with Gasteiger partial charge in [0, 0.05) is 10.8 Å². The number of rotatable bonds is 3. The maximum absolute atomic E-state index is 6.44. The quantitative estimate of drug-likeness (QED) is 0.163. The highest BCUT2D eigenvalue weighted by atomic mass is 16.7. The van der Waals surface area contributed by atoms with Gasteiger partial charge in [0.2, 0.25) is 0 Å². The van der Waals surface area contributed by atoms with E-state index >= 15 is 0 Å². The first-order chi connectivity index (χ1) is 20.3. The molecule has 1 aromatic heterocycles. The van der Waals surface area contributed by atoms with Crippen LogP contribution in [0.5, 0.6) is 0 Å². The Labute approximate surface area is 245 Å². The van der Waals surface area contributed by atoms with Gasteiger partial charge in [-0.15, -0.1) is 0 Å². The highest BCUT2D eigenvalue weighted by Gasteiger charge is 2.52. The number of fused-ring (bicyclic) bond motifs is 6. The van der Waals surface area contributed by atoms with Gasteiger partial charge in [0.05, 0.1) is 11.2 Å². The molecule has 204 valence electrons. The van der Waals surface area contributed by atoms with Gasteiger partial charge < -0.3 is 13.7 Å². The topological polar surface area (TPSA) is 31.6 Å². The average Bonchev–Trinajstić information content (AvgIpc) is 3.48. The summed E-state index contributed by atoms with van der Waals surface area (Å²) in [5.74, 6) is 0. The molecule has 0 amide bonds. The molecular weight excluding hydrogens is 515 g/mol. The minimum absolute atomic E-state index is 0.414. The van der Waals surface area contributed by atoms with Gasteiger partial charge in [-0.05, 0) is 101 Å². The highest BCUT2D eigenvalue weighted by Crippen LogP contribution is 2.39. The molecule has 0 N–H and O–H groups in total. The Kier molecular flexibility index (Phi) is 5.47. The molecule has 8 rings (SSSR count). The molecule has 7 aromatic rings. The van der Waals surface area contributed by atoms with Gasteiger partial charge >= 0.3 is 7.12 Å². The van der Waals surface area contributed by atoms with E-state index in [1.54, 1.807) is 0 Å². The van der Waals surface area contributed by atoms with E-state index in [1.807, 2.05) is 12.1 Å². The molecule has 6 aromatic carbocycles. The fraction of sp³-hybridized carbons (Fsp3) is 0.158. The maximum Gasteiger partial charge on any atom is 0.495 e. The second kappa shape index (κ2) is 9.06. The van der Waals surface area contributed by atoms with Gasteiger partial charge in [-0.3, -0.25) is 0 Å². The molecule has 0 unspecified atom stereocenters. The lowest BCUT2D eigenvalue weighted by Crippen LogP contribution is -2.41. The van der Waals surface area contributed by atoms with Crippen LogP contribution in [-0.2, 0) is 9.31 Å². The van der Waals surface area contributed by atoms with Crippen LogP contribution in [0.15, 0.2) is 120 Å². The molecule has 0 radical (unpaired) electrons. The molecule has 1 fully saturated rings. The molecule has 1 saturated heterocycles. The van der Waals surface area contributed by atoms with Crippen molar-refractivity contribution in [3.63, 3.8) is 0 Å². The van der Waals surface area contributed by atoms with Crippen LogP contribution in [0.3, 0.4) is 0 Å². The molecular formula is C38H31BO3. The molecule has 2 heterocycles. The Morgan fingerprint density at radius 2 is 1.14 bits per heavy atom. The summed E-state index contributed by atoms with van der Waals surface area (Å²) in [5.41, 5.74) is 6.63. The zero-order valence-corrected chi connectivity index (χ0v) is 24.3. The van der Waals surface area contributed by atoms with Crippen molar-refractivity contribution in [2.45, 2.75) is 38.9 Å². The molecule has 0 saturated carbocycles. The van der Waals surface area contributed by atoms with Crippen molar-refractivity contribution < 1.29 is 13.7 Å². The highest BCUT2D eigenvalue weighted by molar-refractivity contribution is 6.66. The molecule has 3 nitrogen and oxygen atoms in total. The Hall–Kier alpha value is -4.38. The molecule has 1 aliphatic heterocycles. The summed E-state index contributed by atoms with van der Waals surface area (Å²) in [6.45, 7) is 8.35. The summed E-state index contributed by atoms with van der Waals surface area (Å²) in [4.78, 5) is 0. The fourth-order valence-corrected chi connectivity index (χ4v) is 6.34. The van der Waals surface area contributed by atoms with E-state index in [2.05, 4.69) is 131 Å². The molecule has 42 heavy (non-hydrogen) atoms. The van der Waals surface area contributed by atoms with Crippen LogP contribution in [0.25, 0.3) is 65.7 Å². The van der Waals surface area contributed by atoms with Crippen LogP contribution < -0.4 is 5.46 Å². The first kappa shape index (κ1) is 25.3. The summed E-state index contributed by atoms with van der Waals surface area (Å²) in [5, 5.41) is 7.21. The van der Waals surface area contributed by atoms with Crippen molar-refractivity contribution in [1.29, 1.82) is 0 Å². The van der Waals surface area contributed by atoms with Crippen LogP contribution >= 0.6 is 0 Å². The molecule has 1 aliphatic rings. The summed E-state index contributed by atoms with van der Waals surface area (Å²) < 4.78 is 19.2. The number of hydrogen-bond donors (Lipinski definition) is 0. The molecule has 0 atom stereocenters. The molecule has 0 spiro atoms. The summed E-state index contributed by atoms with van der Waals surface area (Å²) in [7, 11) is -0.459. The van der Waals surface area contributed by atoms with E-state index in [1.165, 1.54) is 32.7 Å². The Balaban J connectivity index is 1.22. The second-order valence-electron chi connectivity index (χ2n) is 12.4. The first-order valence-corrected chi connectivity index (χ1v) is 14.6. The Morgan fingerprint density at radius 3 is 1.90 bits per heavy atom. The Bertz CT molecular complexity index is 2140. The maximum atomic E-state index is 6.44. The summed E-state index contributed by atoms with van der Waals surface area (Å²) in [6.07, 6.45) is 0. The van der Waals surface area contributed by atoms with Crippen LogP contribution in [0, 0.1) is 0 Å². The number of benzene rings is 6. The fourth-order valence-electron chi connectivity index (χ4n) is 6.34. The van der Waals surface area contributed by atoms with Crippen LogP contribution in [-0.4, -0.2) is 18.3 Å². The lowest BCUT2D eigenvalue weighted by atomic mass is 9.76. The van der Waals surface area contributed by atoms with E-state index in [0.29, 0.717) is 0 Å². The monoisotopic (exact) mass is 546 g/mol. The van der Waals surface area contributed by atoms with Crippen LogP contribution in [0.2, 0.25) is 0 Å². The van der Waals surface area contributed by atoms with Gasteiger partial charge in [-0.25, -0.2) is 0 Å². The van der Waals surface area contributed by atoms with Crippen molar-refractivity contribution >= 4 is 56.1 Å². The van der Waals surface area contributed by atoms with Gasteiger partial charge in [0.25, 0.3) is 0 Å². The lowest BCUT2D eigenvalue weighted by molar-refractivity contribution is 0.00578. The van der Waals surface area contributed by atoms with Crippen molar-refractivity contribution in [2.75, 3.05) is 0 Å². The largest absolute Gasteiger partial charge is 0.495 e. The van der Waals surface area contributed by atoms with Crippen molar-refractivity contribution in [3.05, 3.63) is 115 Å². The molecule has 0 aliphatic carbocycles. The lowest BCUT2D eigenvalue weighted by Gasteiger charge is -2.32.